The van der Waals surface area contributed by atoms with E-state index < -0.39 is 0 Å². The van der Waals surface area contributed by atoms with Gasteiger partial charge in [0.05, 0.1) is 15.7 Å². The number of anilines is 2. The molecule has 1 aliphatic rings. The van der Waals surface area contributed by atoms with E-state index in [0.717, 1.165) is 42.1 Å². The van der Waals surface area contributed by atoms with Crippen molar-refractivity contribution in [3.8, 4) is 11.3 Å². The molecule has 0 saturated carbocycles. The number of carbonyl (C=O) groups is 1. The minimum Gasteiger partial charge on any atom is -0.388 e. The number of aromatic nitrogens is 2. The van der Waals surface area contributed by atoms with Gasteiger partial charge in [-0.15, -0.1) is 10.2 Å². The lowest BCUT2D eigenvalue weighted by Gasteiger charge is -2.33. The number of benzene rings is 2. The van der Waals surface area contributed by atoms with Crippen LogP contribution < -0.4 is 15.5 Å². The first kappa shape index (κ1) is 21.4. The van der Waals surface area contributed by atoms with Crippen LogP contribution in [0.3, 0.4) is 0 Å². The average Bonchev–Trinajstić information content (AvgIpc) is 2.81. The number of hydrogen-bond acceptors (Lipinski definition) is 5. The van der Waals surface area contributed by atoms with Gasteiger partial charge in [0, 0.05) is 43.0 Å². The zero-order chi connectivity index (χ0) is 21.8. The highest BCUT2D eigenvalue weighted by Gasteiger charge is 2.23. The summed E-state index contributed by atoms with van der Waals surface area (Å²) in [5.74, 6) is 0.648. The SMILES string of the molecule is CNc1ccccc1-c1ccc(N2CCCC(NC(=O)c3ccc(Cl)c(Cl)c3)C2)nn1. The molecule has 2 aromatic carbocycles. The molecule has 0 aliphatic carbocycles. The maximum atomic E-state index is 12.6. The van der Waals surface area contributed by atoms with Crippen LogP contribution in [0.5, 0.6) is 0 Å². The van der Waals surface area contributed by atoms with Crippen LogP contribution in [0.4, 0.5) is 11.5 Å². The quantitative estimate of drug-likeness (QED) is 0.572. The Morgan fingerprint density at radius 2 is 1.90 bits per heavy atom. The second kappa shape index (κ2) is 9.54. The van der Waals surface area contributed by atoms with Crippen molar-refractivity contribution in [3.63, 3.8) is 0 Å². The van der Waals surface area contributed by atoms with Crippen molar-refractivity contribution < 1.29 is 4.79 Å². The topological polar surface area (TPSA) is 70.2 Å². The Morgan fingerprint density at radius 3 is 2.65 bits per heavy atom. The van der Waals surface area contributed by atoms with E-state index in [4.69, 9.17) is 23.2 Å². The first-order valence-corrected chi connectivity index (χ1v) is 10.9. The molecule has 1 fully saturated rings. The number of carbonyl (C=O) groups excluding carboxylic acids is 1. The zero-order valence-corrected chi connectivity index (χ0v) is 18.6. The van der Waals surface area contributed by atoms with E-state index in [2.05, 4.69) is 25.7 Å². The van der Waals surface area contributed by atoms with Crippen LogP contribution in [0.2, 0.25) is 10.0 Å². The number of halogens is 2. The van der Waals surface area contributed by atoms with Gasteiger partial charge in [-0.2, -0.15) is 0 Å². The Balaban J connectivity index is 1.43. The summed E-state index contributed by atoms with van der Waals surface area (Å²) in [7, 11) is 1.89. The largest absolute Gasteiger partial charge is 0.388 e. The van der Waals surface area contributed by atoms with Crippen LogP contribution in [0.15, 0.2) is 54.6 Å². The summed E-state index contributed by atoms with van der Waals surface area (Å²) in [6.07, 6.45) is 1.86. The summed E-state index contributed by atoms with van der Waals surface area (Å²) in [5, 5.41) is 16.0. The lowest BCUT2D eigenvalue weighted by atomic mass is 10.0. The predicted molar refractivity (Wildman–Crippen MR) is 126 cm³/mol. The van der Waals surface area contributed by atoms with E-state index in [9.17, 15) is 4.79 Å². The molecular formula is C23H23Cl2N5O. The van der Waals surface area contributed by atoms with Crippen molar-refractivity contribution in [2.24, 2.45) is 0 Å². The fourth-order valence-corrected chi connectivity index (χ4v) is 4.07. The van der Waals surface area contributed by atoms with Crippen molar-refractivity contribution in [1.29, 1.82) is 0 Å². The van der Waals surface area contributed by atoms with E-state index in [1.165, 1.54) is 0 Å². The molecule has 1 unspecified atom stereocenters. The second-order valence-corrected chi connectivity index (χ2v) is 8.27. The minimum atomic E-state index is -0.157. The van der Waals surface area contributed by atoms with Gasteiger partial charge in [0.25, 0.3) is 5.91 Å². The average molecular weight is 456 g/mol. The molecule has 1 atom stereocenters. The number of piperidine rings is 1. The van der Waals surface area contributed by atoms with E-state index in [0.29, 0.717) is 22.2 Å². The van der Waals surface area contributed by atoms with Gasteiger partial charge in [-0.1, -0.05) is 41.4 Å². The molecule has 6 nitrogen and oxygen atoms in total. The molecule has 2 N–H and O–H groups in total. The lowest BCUT2D eigenvalue weighted by molar-refractivity contribution is 0.0933. The summed E-state index contributed by atoms with van der Waals surface area (Å²) in [6, 6.07) is 16.9. The Morgan fingerprint density at radius 1 is 1.06 bits per heavy atom. The van der Waals surface area contributed by atoms with Crippen LogP contribution in [0.1, 0.15) is 23.2 Å². The standard InChI is InChI=1S/C23H23Cl2N5O/c1-26-20-7-3-2-6-17(20)21-10-11-22(29-28-21)30-12-4-5-16(14-30)27-23(31)15-8-9-18(24)19(25)13-15/h2-3,6-11,13,16,26H,4-5,12,14H2,1H3,(H,27,31). The van der Waals surface area contributed by atoms with Crippen LogP contribution in [0.25, 0.3) is 11.3 Å². The van der Waals surface area contributed by atoms with E-state index in [1.807, 2.05) is 43.4 Å². The smallest absolute Gasteiger partial charge is 0.251 e. The van der Waals surface area contributed by atoms with Crippen molar-refractivity contribution in [2.45, 2.75) is 18.9 Å². The van der Waals surface area contributed by atoms with E-state index >= 15 is 0 Å². The van der Waals surface area contributed by atoms with Crippen LogP contribution in [0, 0.1) is 0 Å². The van der Waals surface area contributed by atoms with Crippen LogP contribution >= 0.6 is 23.2 Å². The summed E-state index contributed by atoms with van der Waals surface area (Å²) < 4.78 is 0. The van der Waals surface area contributed by atoms with E-state index in [1.54, 1.807) is 18.2 Å². The van der Waals surface area contributed by atoms with Crippen LogP contribution in [-0.4, -0.2) is 42.3 Å². The Kier molecular flexibility index (Phi) is 6.59. The number of amides is 1. The molecule has 1 aliphatic heterocycles. The maximum Gasteiger partial charge on any atom is 0.251 e. The molecule has 31 heavy (non-hydrogen) atoms. The van der Waals surface area contributed by atoms with Gasteiger partial charge in [0.2, 0.25) is 0 Å². The normalized spacial score (nSPS) is 16.1. The van der Waals surface area contributed by atoms with Crippen molar-refractivity contribution >= 4 is 40.6 Å². The number of para-hydroxylation sites is 1. The third-order valence-corrected chi connectivity index (χ3v) is 6.12. The number of rotatable bonds is 5. The highest BCUT2D eigenvalue weighted by atomic mass is 35.5. The molecule has 0 radical (unpaired) electrons. The predicted octanol–water partition coefficient (Wildman–Crippen LogP) is 4.89. The molecule has 4 rings (SSSR count). The highest BCUT2D eigenvalue weighted by Crippen LogP contribution is 2.27. The number of nitrogens with one attached hydrogen (secondary N) is 2. The Hall–Kier alpha value is -2.83. The maximum absolute atomic E-state index is 12.6. The van der Waals surface area contributed by atoms with Gasteiger partial charge in [0.1, 0.15) is 0 Å². The van der Waals surface area contributed by atoms with Crippen LogP contribution in [-0.2, 0) is 0 Å². The second-order valence-electron chi connectivity index (χ2n) is 7.46. The molecule has 1 saturated heterocycles. The fourth-order valence-electron chi connectivity index (χ4n) is 3.77. The Bertz CT molecular complexity index is 1070. The highest BCUT2D eigenvalue weighted by molar-refractivity contribution is 6.42. The molecular weight excluding hydrogens is 433 g/mol. The number of nitrogens with zero attached hydrogens (tertiary/aromatic N) is 3. The van der Waals surface area contributed by atoms with E-state index in [-0.39, 0.29) is 11.9 Å². The number of hydrogen-bond donors (Lipinski definition) is 2. The summed E-state index contributed by atoms with van der Waals surface area (Å²) in [5.41, 5.74) is 3.33. The summed E-state index contributed by atoms with van der Waals surface area (Å²) in [6.45, 7) is 1.55. The monoisotopic (exact) mass is 455 g/mol. The van der Waals surface area contributed by atoms with Gasteiger partial charge in [-0.3, -0.25) is 4.79 Å². The first-order chi connectivity index (χ1) is 15.0. The van der Waals surface area contributed by atoms with Gasteiger partial charge in [0.15, 0.2) is 5.82 Å². The lowest BCUT2D eigenvalue weighted by Crippen LogP contribution is -2.48. The third-order valence-electron chi connectivity index (χ3n) is 5.39. The molecule has 3 aromatic rings. The summed E-state index contributed by atoms with van der Waals surface area (Å²) >= 11 is 12.0. The van der Waals surface area contributed by atoms with Crippen molar-refractivity contribution in [1.82, 2.24) is 15.5 Å². The van der Waals surface area contributed by atoms with Gasteiger partial charge < -0.3 is 15.5 Å². The zero-order valence-electron chi connectivity index (χ0n) is 17.1. The third kappa shape index (κ3) is 4.92. The fraction of sp³-hybridized carbons (Fsp3) is 0.261. The van der Waals surface area contributed by atoms with Gasteiger partial charge in [-0.05, 0) is 49.2 Å². The van der Waals surface area contributed by atoms with Gasteiger partial charge >= 0.3 is 0 Å². The van der Waals surface area contributed by atoms with Gasteiger partial charge in [-0.25, -0.2) is 0 Å². The molecule has 0 spiro atoms. The molecule has 8 heteroatoms. The van der Waals surface area contributed by atoms with Crippen molar-refractivity contribution in [2.75, 3.05) is 30.4 Å². The minimum absolute atomic E-state index is 0.0159. The molecule has 1 amide bonds. The van der Waals surface area contributed by atoms with Crippen molar-refractivity contribution in [3.05, 3.63) is 70.2 Å². The molecule has 0 bridgehead atoms. The molecule has 160 valence electrons. The molecule has 1 aromatic heterocycles. The molecule has 2 heterocycles. The first-order valence-electron chi connectivity index (χ1n) is 10.2. The Labute approximate surface area is 191 Å². The summed E-state index contributed by atoms with van der Waals surface area (Å²) in [4.78, 5) is 14.8.